The number of nitrogens with one attached hydrogen (secondary N) is 1. The number of carbonyl (C=O) groups excluding carboxylic acids is 3. The number of rotatable bonds is 4. The van der Waals surface area contributed by atoms with Crippen molar-refractivity contribution in [1.82, 2.24) is 4.90 Å². The van der Waals surface area contributed by atoms with Crippen molar-refractivity contribution < 1.29 is 24.2 Å². The maximum absolute atomic E-state index is 14.8. The molecular formula is C41H35N3O5. The van der Waals surface area contributed by atoms with E-state index >= 15 is 0 Å². The molecule has 6 unspecified atom stereocenters. The van der Waals surface area contributed by atoms with Crippen LogP contribution in [0.5, 0.6) is 5.75 Å². The highest BCUT2D eigenvalue weighted by Crippen LogP contribution is 2.64. The summed E-state index contributed by atoms with van der Waals surface area (Å²) in [6.45, 7) is 0. The van der Waals surface area contributed by atoms with E-state index in [1.54, 1.807) is 24.3 Å². The molecule has 2 amide bonds. The lowest BCUT2D eigenvalue weighted by molar-refractivity contribution is -0.178. The summed E-state index contributed by atoms with van der Waals surface area (Å²) in [6.07, 6.45) is 5.60. The number of morpholine rings is 1. The molecular weight excluding hydrogens is 614 g/mol. The van der Waals surface area contributed by atoms with Crippen LogP contribution in [0.1, 0.15) is 71.7 Å². The molecule has 4 aliphatic rings. The molecule has 0 aromatic heterocycles. The van der Waals surface area contributed by atoms with Gasteiger partial charge in [-0.2, -0.15) is 0 Å². The van der Waals surface area contributed by atoms with Gasteiger partial charge in [-0.1, -0.05) is 90.7 Å². The number of nitrogens with two attached hydrogens (primary N) is 1. The number of nitrogens with zero attached hydrogens (tertiary/aromatic N) is 1. The van der Waals surface area contributed by atoms with Gasteiger partial charge in [0.1, 0.15) is 23.3 Å². The molecule has 2 saturated heterocycles. The first-order chi connectivity index (χ1) is 23.9. The van der Waals surface area contributed by atoms with E-state index in [-0.39, 0.29) is 5.75 Å². The van der Waals surface area contributed by atoms with Crippen molar-refractivity contribution in [2.45, 2.75) is 55.3 Å². The first-order valence-corrected chi connectivity index (χ1v) is 16.7. The fourth-order valence-corrected chi connectivity index (χ4v) is 8.46. The molecule has 0 bridgehead atoms. The van der Waals surface area contributed by atoms with Gasteiger partial charge in [-0.25, -0.2) is 0 Å². The highest BCUT2D eigenvalue weighted by Gasteiger charge is 2.73. The highest BCUT2D eigenvalue weighted by atomic mass is 16.6. The lowest BCUT2D eigenvalue weighted by atomic mass is 9.65. The third-order valence-electron chi connectivity index (χ3n) is 10.5. The Morgan fingerprint density at radius 2 is 1.57 bits per heavy atom. The summed E-state index contributed by atoms with van der Waals surface area (Å²) in [5.41, 5.74) is 9.78. The zero-order valence-corrected chi connectivity index (χ0v) is 26.7. The smallest absolute Gasteiger partial charge is 0.324 e. The number of benzene rings is 4. The van der Waals surface area contributed by atoms with Crippen molar-refractivity contribution in [2.75, 3.05) is 5.32 Å². The third-order valence-corrected chi connectivity index (χ3v) is 10.5. The first kappa shape index (κ1) is 30.7. The van der Waals surface area contributed by atoms with Gasteiger partial charge in [0.25, 0.3) is 0 Å². The number of allylic oxidation sites excluding steroid dienone is 2. The van der Waals surface area contributed by atoms with Gasteiger partial charge >= 0.3 is 5.97 Å². The van der Waals surface area contributed by atoms with E-state index in [0.717, 1.165) is 42.4 Å². The zero-order valence-electron chi connectivity index (χ0n) is 26.7. The zero-order chi connectivity index (χ0) is 33.7. The number of primary amides is 1. The number of anilines is 1. The second kappa shape index (κ2) is 12.1. The van der Waals surface area contributed by atoms with Crippen molar-refractivity contribution >= 4 is 23.5 Å². The van der Waals surface area contributed by atoms with Crippen LogP contribution in [0.4, 0.5) is 5.69 Å². The molecule has 0 radical (unpaired) electrons. The molecule has 8 heteroatoms. The Balaban J connectivity index is 1.39. The fourth-order valence-electron chi connectivity index (χ4n) is 8.46. The molecule has 0 saturated carbocycles. The standard InChI is InChI=1S/C41H35N3O5/c42-38(46)33-35-39(47)49-36(28-14-8-3-9-15-28)34(27-12-6-2-7-13-27)44(35)37(29-19-21-30(45)22-20-29)41(33)31-24-26(18-23-32(31)43-40(41)48)17-16-25-10-4-1-5-11-25/h2-3,6-10,12-15,18-24,33-37,45H,1,4-5,11H2,(H2,42,46)(H,43,48). The van der Waals surface area contributed by atoms with Gasteiger partial charge in [0.15, 0.2) is 0 Å². The molecule has 244 valence electrons. The van der Waals surface area contributed by atoms with Crippen molar-refractivity contribution in [3.05, 3.63) is 143 Å². The monoisotopic (exact) mass is 649 g/mol. The minimum absolute atomic E-state index is 0.0458. The molecule has 1 aliphatic carbocycles. The minimum Gasteiger partial charge on any atom is -0.508 e. The summed E-state index contributed by atoms with van der Waals surface area (Å²) in [5, 5.41) is 13.4. The maximum atomic E-state index is 14.8. The Morgan fingerprint density at radius 1 is 0.857 bits per heavy atom. The number of aromatic hydroxyl groups is 1. The van der Waals surface area contributed by atoms with Gasteiger partial charge in [-0.05, 0) is 83.8 Å². The number of ether oxygens (including phenoxy) is 1. The normalized spacial score (nSPS) is 27.3. The molecule has 4 aromatic carbocycles. The number of carbonyl (C=O) groups is 3. The van der Waals surface area contributed by atoms with Crippen LogP contribution in [-0.2, 0) is 24.5 Å². The van der Waals surface area contributed by atoms with E-state index in [4.69, 9.17) is 10.5 Å². The molecule has 1 spiro atoms. The van der Waals surface area contributed by atoms with Crippen LogP contribution in [-0.4, -0.2) is 33.8 Å². The van der Waals surface area contributed by atoms with Crippen LogP contribution in [0.25, 0.3) is 0 Å². The molecule has 8 rings (SSSR count). The van der Waals surface area contributed by atoms with Crippen LogP contribution >= 0.6 is 0 Å². The number of esters is 1. The number of fused-ring (bicyclic) bond motifs is 3. The number of phenols is 1. The topological polar surface area (TPSA) is 122 Å². The molecule has 2 fully saturated rings. The summed E-state index contributed by atoms with van der Waals surface area (Å²) in [4.78, 5) is 45.1. The Bertz CT molecular complexity index is 2050. The van der Waals surface area contributed by atoms with Crippen molar-refractivity contribution in [2.24, 2.45) is 11.7 Å². The fraction of sp³-hybridized carbons (Fsp3) is 0.244. The van der Waals surface area contributed by atoms with E-state index in [1.807, 2.05) is 83.8 Å². The van der Waals surface area contributed by atoms with Gasteiger partial charge in [0.05, 0.1) is 18.0 Å². The first-order valence-electron chi connectivity index (χ1n) is 16.7. The lowest BCUT2D eigenvalue weighted by Gasteiger charge is -2.46. The van der Waals surface area contributed by atoms with Gasteiger partial charge in [-0.3, -0.25) is 19.3 Å². The average Bonchev–Trinajstić information content (AvgIpc) is 3.61. The maximum Gasteiger partial charge on any atom is 0.324 e. The van der Waals surface area contributed by atoms with Crippen LogP contribution < -0.4 is 11.1 Å². The number of hydrogen-bond donors (Lipinski definition) is 3. The molecule has 3 aliphatic heterocycles. The van der Waals surface area contributed by atoms with Crippen LogP contribution in [0.15, 0.2) is 115 Å². The predicted molar refractivity (Wildman–Crippen MR) is 184 cm³/mol. The summed E-state index contributed by atoms with van der Waals surface area (Å²) in [7, 11) is 0. The number of cyclic esters (lactones) is 1. The minimum atomic E-state index is -1.64. The van der Waals surface area contributed by atoms with Crippen LogP contribution in [0.3, 0.4) is 0 Å². The second-order valence-corrected chi connectivity index (χ2v) is 13.2. The Hall–Kier alpha value is -5.65. The number of hydrogen-bond acceptors (Lipinski definition) is 6. The van der Waals surface area contributed by atoms with Crippen molar-refractivity contribution in [3.63, 3.8) is 0 Å². The van der Waals surface area contributed by atoms with Gasteiger partial charge in [0, 0.05) is 11.3 Å². The van der Waals surface area contributed by atoms with E-state index in [9.17, 15) is 19.5 Å². The highest BCUT2D eigenvalue weighted by molar-refractivity contribution is 6.12. The van der Waals surface area contributed by atoms with Gasteiger partial charge in [-0.15, -0.1) is 0 Å². The SMILES string of the molecule is NC(=O)C1C2C(=O)OC(c3ccccc3)C(c3ccccc3)N2C(c2ccc(O)cc2)C12C(=O)Nc1ccc(C#CC3=CCCCC3)cc12. The predicted octanol–water partition coefficient (Wildman–Crippen LogP) is 6.00. The van der Waals surface area contributed by atoms with E-state index in [0.29, 0.717) is 22.4 Å². The van der Waals surface area contributed by atoms with E-state index in [1.165, 1.54) is 0 Å². The Labute approximate surface area is 284 Å². The molecule has 3 heterocycles. The molecule has 8 nitrogen and oxygen atoms in total. The van der Waals surface area contributed by atoms with Gasteiger partial charge in [0.2, 0.25) is 11.8 Å². The summed E-state index contributed by atoms with van der Waals surface area (Å²) < 4.78 is 6.30. The summed E-state index contributed by atoms with van der Waals surface area (Å²) >= 11 is 0. The quantitative estimate of drug-likeness (QED) is 0.184. The van der Waals surface area contributed by atoms with E-state index in [2.05, 4.69) is 23.2 Å². The second-order valence-electron chi connectivity index (χ2n) is 13.2. The largest absolute Gasteiger partial charge is 0.508 e. The molecule has 4 aromatic rings. The summed E-state index contributed by atoms with van der Waals surface area (Å²) in [6, 6.07) is 28.6. The Kier molecular flexibility index (Phi) is 7.58. The van der Waals surface area contributed by atoms with Gasteiger partial charge < -0.3 is 20.9 Å². The van der Waals surface area contributed by atoms with Crippen molar-refractivity contribution in [1.29, 1.82) is 0 Å². The summed E-state index contributed by atoms with van der Waals surface area (Å²) in [5.74, 6) is 3.50. The van der Waals surface area contributed by atoms with Crippen LogP contribution in [0, 0.1) is 17.8 Å². The third kappa shape index (κ3) is 4.92. The lowest BCUT2D eigenvalue weighted by Crippen LogP contribution is -2.53. The van der Waals surface area contributed by atoms with E-state index < -0.39 is 53.3 Å². The Morgan fingerprint density at radius 3 is 2.24 bits per heavy atom. The van der Waals surface area contributed by atoms with Crippen LogP contribution in [0.2, 0.25) is 0 Å². The molecule has 4 N–H and O–H groups in total. The number of phenolic OH excluding ortho intramolecular Hbond substituents is 1. The average molecular weight is 650 g/mol. The number of amides is 2. The molecule has 6 atom stereocenters. The molecule has 49 heavy (non-hydrogen) atoms. The van der Waals surface area contributed by atoms with Crippen molar-refractivity contribution in [3.8, 4) is 17.6 Å².